The Bertz CT molecular complexity index is 632. The molecule has 0 spiro atoms. The van der Waals surface area contributed by atoms with Crippen LogP contribution in [-0.4, -0.2) is 37.5 Å². The number of hydrogen-bond acceptors (Lipinski definition) is 4. The van der Waals surface area contributed by atoms with Crippen molar-refractivity contribution in [1.82, 2.24) is 4.31 Å². The number of benzene rings is 1. The maximum absolute atomic E-state index is 12.5. The Balaban J connectivity index is 2.23. The predicted molar refractivity (Wildman–Crippen MR) is 74.7 cm³/mol. The fraction of sp³-hybridized carbons (Fsp3) is 0.462. The molecule has 0 bridgehead atoms. The third-order valence-electron chi connectivity index (χ3n) is 3.53. The first kappa shape index (κ1) is 15.3. The van der Waals surface area contributed by atoms with Gasteiger partial charge in [0.2, 0.25) is 10.0 Å². The van der Waals surface area contributed by atoms with Gasteiger partial charge in [-0.05, 0) is 37.0 Å². The van der Waals surface area contributed by atoms with Gasteiger partial charge in [0.15, 0.2) is 0 Å². The van der Waals surface area contributed by atoms with Crippen molar-refractivity contribution in [2.75, 3.05) is 19.7 Å². The van der Waals surface area contributed by atoms with Crippen molar-refractivity contribution in [3.05, 3.63) is 28.8 Å². The molecular formula is C13H15ClN2O3S. The van der Waals surface area contributed by atoms with E-state index >= 15 is 0 Å². The van der Waals surface area contributed by atoms with Crippen LogP contribution < -0.4 is 0 Å². The van der Waals surface area contributed by atoms with Crippen LogP contribution in [0.25, 0.3) is 0 Å². The summed E-state index contributed by atoms with van der Waals surface area (Å²) < 4.78 is 26.3. The van der Waals surface area contributed by atoms with Gasteiger partial charge in [0, 0.05) is 19.7 Å². The molecule has 1 N–H and O–H groups in total. The molecule has 0 amide bonds. The van der Waals surface area contributed by atoms with Gasteiger partial charge in [0.05, 0.1) is 15.5 Å². The van der Waals surface area contributed by atoms with Crippen molar-refractivity contribution < 1.29 is 13.5 Å². The van der Waals surface area contributed by atoms with Gasteiger partial charge in [-0.3, -0.25) is 0 Å². The molecule has 108 valence electrons. The van der Waals surface area contributed by atoms with Crippen LogP contribution in [0.2, 0.25) is 5.02 Å². The zero-order valence-corrected chi connectivity index (χ0v) is 12.4. The highest BCUT2D eigenvalue weighted by Gasteiger charge is 2.29. The second-order valence-corrected chi connectivity index (χ2v) is 7.13. The van der Waals surface area contributed by atoms with E-state index in [-0.39, 0.29) is 28.0 Å². The van der Waals surface area contributed by atoms with E-state index in [0.29, 0.717) is 25.9 Å². The Labute approximate surface area is 123 Å². The molecule has 0 saturated carbocycles. The quantitative estimate of drug-likeness (QED) is 0.919. The molecule has 0 atom stereocenters. The highest BCUT2D eigenvalue weighted by molar-refractivity contribution is 7.89. The number of aliphatic hydroxyl groups is 1. The number of hydrogen-bond donors (Lipinski definition) is 1. The van der Waals surface area contributed by atoms with Gasteiger partial charge in [-0.1, -0.05) is 11.6 Å². The smallest absolute Gasteiger partial charge is 0.243 e. The number of rotatable bonds is 3. The predicted octanol–water partition coefficient (Wildman–Crippen LogP) is 1.60. The summed E-state index contributed by atoms with van der Waals surface area (Å²) in [5, 5.41) is 18.0. The fourth-order valence-electron chi connectivity index (χ4n) is 2.23. The minimum absolute atomic E-state index is 0.0938. The van der Waals surface area contributed by atoms with Crippen molar-refractivity contribution >= 4 is 21.6 Å². The SMILES string of the molecule is N#Cc1ccc(S(=O)(=O)N2CCC(CO)CC2)cc1Cl. The molecule has 1 saturated heterocycles. The summed E-state index contributed by atoms with van der Waals surface area (Å²) in [6.07, 6.45) is 1.31. The average molecular weight is 315 g/mol. The van der Waals surface area contributed by atoms with Crippen molar-refractivity contribution in [2.24, 2.45) is 5.92 Å². The fourth-order valence-corrected chi connectivity index (χ4v) is 4.01. The summed E-state index contributed by atoms with van der Waals surface area (Å²) in [6.45, 7) is 0.882. The van der Waals surface area contributed by atoms with Gasteiger partial charge in [0.25, 0.3) is 0 Å². The van der Waals surface area contributed by atoms with E-state index in [9.17, 15) is 8.42 Å². The van der Waals surface area contributed by atoms with Crippen molar-refractivity contribution in [3.63, 3.8) is 0 Å². The Morgan fingerprint density at radius 3 is 2.55 bits per heavy atom. The first-order valence-electron chi connectivity index (χ1n) is 6.29. The minimum atomic E-state index is -3.58. The zero-order chi connectivity index (χ0) is 14.8. The van der Waals surface area contributed by atoms with Gasteiger partial charge in [0.1, 0.15) is 6.07 Å². The van der Waals surface area contributed by atoms with Gasteiger partial charge >= 0.3 is 0 Å². The maximum Gasteiger partial charge on any atom is 0.243 e. The number of piperidine rings is 1. The third-order valence-corrected chi connectivity index (χ3v) is 5.74. The normalized spacial score (nSPS) is 17.9. The van der Waals surface area contributed by atoms with Gasteiger partial charge in [-0.2, -0.15) is 9.57 Å². The van der Waals surface area contributed by atoms with Crippen LogP contribution in [0, 0.1) is 17.2 Å². The van der Waals surface area contributed by atoms with Gasteiger partial charge in [-0.25, -0.2) is 8.42 Å². The molecule has 1 aliphatic heterocycles. The Hall–Kier alpha value is -1.13. The molecule has 0 unspecified atom stereocenters. The van der Waals surface area contributed by atoms with Crippen LogP contribution >= 0.6 is 11.6 Å². The summed E-state index contributed by atoms with van der Waals surface area (Å²) in [6, 6.07) is 6.02. The lowest BCUT2D eigenvalue weighted by molar-refractivity contribution is 0.170. The molecule has 1 fully saturated rings. The monoisotopic (exact) mass is 314 g/mol. The largest absolute Gasteiger partial charge is 0.396 e. The van der Waals surface area contributed by atoms with Crippen LogP contribution in [0.1, 0.15) is 18.4 Å². The lowest BCUT2D eigenvalue weighted by atomic mass is 10.00. The van der Waals surface area contributed by atoms with Crippen LogP contribution in [0.4, 0.5) is 0 Å². The molecule has 1 aliphatic rings. The number of halogens is 1. The molecule has 1 heterocycles. The molecule has 1 aromatic rings. The first-order valence-corrected chi connectivity index (χ1v) is 8.11. The van der Waals surface area contributed by atoms with Gasteiger partial charge in [-0.15, -0.1) is 0 Å². The lowest BCUT2D eigenvalue weighted by Gasteiger charge is -2.30. The van der Waals surface area contributed by atoms with E-state index in [1.807, 2.05) is 6.07 Å². The molecule has 5 nitrogen and oxygen atoms in total. The highest BCUT2D eigenvalue weighted by Crippen LogP contribution is 2.26. The second kappa shape index (κ2) is 6.10. The van der Waals surface area contributed by atoms with Gasteiger partial charge < -0.3 is 5.11 Å². The Morgan fingerprint density at radius 2 is 2.05 bits per heavy atom. The highest BCUT2D eigenvalue weighted by atomic mass is 35.5. The zero-order valence-electron chi connectivity index (χ0n) is 10.8. The molecule has 7 heteroatoms. The number of sulfonamides is 1. The van der Waals surface area contributed by atoms with E-state index in [1.54, 1.807) is 0 Å². The number of nitriles is 1. The van der Waals surface area contributed by atoms with Crippen LogP contribution in [0.3, 0.4) is 0 Å². The summed E-state index contributed by atoms with van der Waals surface area (Å²) in [4.78, 5) is 0.101. The van der Waals surface area contributed by atoms with Crippen molar-refractivity contribution in [2.45, 2.75) is 17.7 Å². The number of aliphatic hydroxyl groups excluding tert-OH is 1. The molecule has 0 aliphatic carbocycles. The van der Waals surface area contributed by atoms with Crippen LogP contribution in [0.5, 0.6) is 0 Å². The van der Waals surface area contributed by atoms with E-state index in [2.05, 4.69) is 0 Å². The van der Waals surface area contributed by atoms with Crippen molar-refractivity contribution in [1.29, 1.82) is 5.26 Å². The van der Waals surface area contributed by atoms with E-state index in [0.717, 1.165) is 0 Å². The second-order valence-electron chi connectivity index (χ2n) is 4.78. The summed E-state index contributed by atoms with van der Waals surface area (Å²) >= 11 is 5.88. The van der Waals surface area contributed by atoms with E-state index in [1.165, 1.54) is 22.5 Å². The first-order chi connectivity index (χ1) is 9.48. The molecular weight excluding hydrogens is 300 g/mol. The topological polar surface area (TPSA) is 81.4 Å². The summed E-state index contributed by atoms with van der Waals surface area (Å²) in [7, 11) is -3.58. The average Bonchev–Trinajstić information content (AvgIpc) is 2.47. The van der Waals surface area contributed by atoms with Crippen molar-refractivity contribution in [3.8, 4) is 6.07 Å². The molecule has 1 aromatic carbocycles. The van der Waals surface area contributed by atoms with E-state index in [4.69, 9.17) is 22.0 Å². The molecule has 20 heavy (non-hydrogen) atoms. The standard InChI is InChI=1S/C13H15ClN2O3S/c14-13-7-12(2-1-11(13)8-15)20(18,19)16-5-3-10(9-17)4-6-16/h1-2,7,10,17H,3-6,9H2. The summed E-state index contributed by atoms with van der Waals surface area (Å²) in [5.41, 5.74) is 0.254. The molecule has 2 rings (SSSR count). The maximum atomic E-state index is 12.5. The number of nitrogens with zero attached hydrogens (tertiary/aromatic N) is 2. The molecule has 0 aromatic heterocycles. The van der Waals surface area contributed by atoms with E-state index < -0.39 is 10.0 Å². The minimum Gasteiger partial charge on any atom is -0.396 e. The lowest BCUT2D eigenvalue weighted by Crippen LogP contribution is -2.39. The Kier molecular flexibility index (Phi) is 4.66. The third kappa shape index (κ3) is 2.96. The van der Waals surface area contributed by atoms with Crippen LogP contribution in [0.15, 0.2) is 23.1 Å². The molecule has 0 radical (unpaired) electrons. The van der Waals surface area contributed by atoms with Crippen LogP contribution in [-0.2, 0) is 10.0 Å². The Morgan fingerprint density at radius 1 is 1.40 bits per heavy atom. The summed E-state index contributed by atoms with van der Waals surface area (Å²) in [5.74, 6) is 0.172.